The summed E-state index contributed by atoms with van der Waals surface area (Å²) in [6, 6.07) is 6.76. The van der Waals surface area contributed by atoms with E-state index in [1.54, 1.807) is 0 Å². The molecule has 0 saturated carbocycles. The summed E-state index contributed by atoms with van der Waals surface area (Å²) in [6.07, 6.45) is -1.22. The standard InChI is InChI=1S/C16H15F3N2O2/c1-9(15(22)10-2-7-13(18)14(19)8-10)20-16(23)21-12-5-3-11(17)4-6-12/h2-9,15,22H,1H3,(H2,20,21,23). The molecule has 2 aromatic carbocycles. The quantitative estimate of drug-likeness (QED) is 0.808. The number of amides is 2. The van der Waals surface area contributed by atoms with Gasteiger partial charge in [0, 0.05) is 5.69 Å². The maximum absolute atomic E-state index is 13.2. The van der Waals surface area contributed by atoms with E-state index in [1.165, 1.54) is 37.3 Å². The van der Waals surface area contributed by atoms with Crippen molar-refractivity contribution in [2.75, 3.05) is 5.32 Å². The number of hydrogen-bond acceptors (Lipinski definition) is 2. The molecule has 0 heterocycles. The summed E-state index contributed by atoms with van der Waals surface area (Å²) < 4.78 is 38.8. The number of aliphatic hydroxyl groups is 1. The topological polar surface area (TPSA) is 61.4 Å². The first-order valence-corrected chi connectivity index (χ1v) is 6.83. The van der Waals surface area contributed by atoms with E-state index in [-0.39, 0.29) is 5.56 Å². The van der Waals surface area contributed by atoms with Gasteiger partial charge in [-0.25, -0.2) is 18.0 Å². The van der Waals surface area contributed by atoms with Gasteiger partial charge in [0.05, 0.1) is 12.1 Å². The average molecular weight is 324 g/mol. The second kappa shape index (κ2) is 7.15. The van der Waals surface area contributed by atoms with Crippen LogP contribution in [0.2, 0.25) is 0 Å². The molecule has 3 N–H and O–H groups in total. The van der Waals surface area contributed by atoms with Crippen molar-refractivity contribution in [2.24, 2.45) is 0 Å². The highest BCUT2D eigenvalue weighted by Gasteiger charge is 2.19. The molecule has 0 aromatic heterocycles. The lowest BCUT2D eigenvalue weighted by molar-refractivity contribution is 0.138. The van der Waals surface area contributed by atoms with Gasteiger partial charge in [-0.2, -0.15) is 0 Å². The molecule has 0 aliphatic heterocycles. The van der Waals surface area contributed by atoms with Crippen LogP contribution in [0.1, 0.15) is 18.6 Å². The lowest BCUT2D eigenvalue weighted by Gasteiger charge is -2.21. The molecule has 2 amide bonds. The number of aliphatic hydroxyl groups excluding tert-OH is 1. The molecule has 2 rings (SSSR count). The molecule has 23 heavy (non-hydrogen) atoms. The first kappa shape index (κ1) is 16.8. The fourth-order valence-corrected chi connectivity index (χ4v) is 1.97. The highest BCUT2D eigenvalue weighted by molar-refractivity contribution is 5.89. The van der Waals surface area contributed by atoms with Crippen LogP contribution in [0.15, 0.2) is 42.5 Å². The summed E-state index contributed by atoms with van der Waals surface area (Å²) in [4.78, 5) is 11.8. The average Bonchev–Trinajstić information content (AvgIpc) is 2.51. The molecule has 0 fully saturated rings. The van der Waals surface area contributed by atoms with Crippen LogP contribution in [-0.2, 0) is 0 Å². The van der Waals surface area contributed by atoms with E-state index in [9.17, 15) is 23.1 Å². The van der Waals surface area contributed by atoms with Gasteiger partial charge in [-0.05, 0) is 48.9 Å². The molecule has 0 radical (unpaired) electrons. The molecule has 0 spiro atoms. The zero-order chi connectivity index (χ0) is 17.0. The van der Waals surface area contributed by atoms with Gasteiger partial charge in [0.2, 0.25) is 0 Å². The van der Waals surface area contributed by atoms with Gasteiger partial charge in [0.25, 0.3) is 0 Å². The maximum atomic E-state index is 13.2. The minimum Gasteiger partial charge on any atom is -0.386 e. The molecule has 7 heteroatoms. The van der Waals surface area contributed by atoms with Crippen LogP contribution < -0.4 is 10.6 Å². The summed E-state index contributed by atoms with van der Waals surface area (Å²) in [5, 5.41) is 15.0. The zero-order valence-electron chi connectivity index (χ0n) is 12.2. The van der Waals surface area contributed by atoms with Crippen LogP contribution >= 0.6 is 0 Å². The van der Waals surface area contributed by atoms with Gasteiger partial charge in [0.1, 0.15) is 5.82 Å². The van der Waals surface area contributed by atoms with E-state index >= 15 is 0 Å². The number of urea groups is 1. The van der Waals surface area contributed by atoms with Gasteiger partial charge in [0.15, 0.2) is 11.6 Å². The number of carbonyl (C=O) groups is 1. The first-order chi connectivity index (χ1) is 10.9. The molecular weight excluding hydrogens is 309 g/mol. The second-order valence-corrected chi connectivity index (χ2v) is 5.01. The first-order valence-electron chi connectivity index (χ1n) is 6.83. The smallest absolute Gasteiger partial charge is 0.319 e. The third-order valence-corrected chi connectivity index (χ3v) is 3.22. The molecule has 0 bridgehead atoms. The lowest BCUT2D eigenvalue weighted by Crippen LogP contribution is -2.39. The fourth-order valence-electron chi connectivity index (χ4n) is 1.97. The molecule has 2 unspecified atom stereocenters. The summed E-state index contributed by atoms with van der Waals surface area (Å²) >= 11 is 0. The van der Waals surface area contributed by atoms with Gasteiger partial charge < -0.3 is 15.7 Å². The molecule has 2 atom stereocenters. The Labute approximate surface area is 131 Å². The van der Waals surface area contributed by atoms with Crippen molar-refractivity contribution in [2.45, 2.75) is 19.1 Å². The summed E-state index contributed by atoms with van der Waals surface area (Å²) in [5.74, 6) is -2.53. The predicted molar refractivity (Wildman–Crippen MR) is 79.3 cm³/mol. The van der Waals surface area contributed by atoms with E-state index in [0.29, 0.717) is 5.69 Å². The molecule has 4 nitrogen and oxygen atoms in total. The Bertz CT molecular complexity index is 692. The predicted octanol–water partition coefficient (Wildman–Crippen LogP) is 3.35. The highest BCUT2D eigenvalue weighted by Crippen LogP contribution is 2.19. The second-order valence-electron chi connectivity index (χ2n) is 5.01. The van der Waals surface area contributed by atoms with Crippen LogP contribution in [0.4, 0.5) is 23.7 Å². The monoisotopic (exact) mass is 324 g/mol. The Morgan fingerprint density at radius 1 is 1.04 bits per heavy atom. The van der Waals surface area contributed by atoms with Gasteiger partial charge >= 0.3 is 6.03 Å². The molecule has 0 aliphatic carbocycles. The molecular formula is C16H15F3N2O2. The Morgan fingerprint density at radius 2 is 1.70 bits per heavy atom. The van der Waals surface area contributed by atoms with Crippen molar-refractivity contribution in [3.8, 4) is 0 Å². The summed E-state index contributed by atoms with van der Waals surface area (Å²) in [5.41, 5.74) is 0.511. The van der Waals surface area contributed by atoms with Crippen molar-refractivity contribution >= 4 is 11.7 Å². The van der Waals surface area contributed by atoms with Crippen LogP contribution in [0, 0.1) is 17.5 Å². The van der Waals surface area contributed by atoms with Gasteiger partial charge in [-0.1, -0.05) is 6.07 Å². The maximum Gasteiger partial charge on any atom is 0.319 e. The Morgan fingerprint density at radius 3 is 2.30 bits per heavy atom. The highest BCUT2D eigenvalue weighted by atomic mass is 19.2. The molecule has 122 valence electrons. The number of halogens is 3. The van der Waals surface area contributed by atoms with E-state index < -0.39 is 35.6 Å². The summed E-state index contributed by atoms with van der Waals surface area (Å²) in [7, 11) is 0. The number of hydrogen-bond donors (Lipinski definition) is 3. The third-order valence-electron chi connectivity index (χ3n) is 3.22. The fraction of sp³-hybridized carbons (Fsp3) is 0.188. The van der Waals surface area contributed by atoms with Crippen molar-refractivity contribution in [1.82, 2.24) is 5.32 Å². The molecule has 2 aromatic rings. The van der Waals surface area contributed by atoms with E-state index in [0.717, 1.165) is 12.1 Å². The SMILES string of the molecule is CC(NC(=O)Nc1ccc(F)cc1)C(O)c1ccc(F)c(F)c1. The minimum atomic E-state index is -1.22. The Kier molecular flexibility index (Phi) is 5.23. The number of anilines is 1. The van der Waals surface area contributed by atoms with Crippen molar-refractivity contribution in [3.05, 3.63) is 65.5 Å². The minimum absolute atomic E-state index is 0.137. The van der Waals surface area contributed by atoms with E-state index in [2.05, 4.69) is 10.6 Å². The Hall–Kier alpha value is -2.54. The number of benzene rings is 2. The number of carbonyl (C=O) groups excluding carboxylic acids is 1. The van der Waals surface area contributed by atoms with E-state index in [4.69, 9.17) is 0 Å². The summed E-state index contributed by atoms with van der Waals surface area (Å²) in [6.45, 7) is 1.51. The third kappa shape index (κ3) is 4.46. The normalized spacial score (nSPS) is 13.3. The van der Waals surface area contributed by atoms with Gasteiger partial charge in [-0.3, -0.25) is 0 Å². The van der Waals surface area contributed by atoms with Crippen LogP contribution in [-0.4, -0.2) is 17.2 Å². The van der Waals surface area contributed by atoms with Crippen molar-refractivity contribution < 1.29 is 23.1 Å². The number of nitrogens with one attached hydrogen (secondary N) is 2. The van der Waals surface area contributed by atoms with Crippen molar-refractivity contribution in [3.63, 3.8) is 0 Å². The molecule has 0 aliphatic rings. The lowest BCUT2D eigenvalue weighted by atomic mass is 10.0. The zero-order valence-corrected chi connectivity index (χ0v) is 12.2. The molecule has 0 saturated heterocycles. The van der Waals surface area contributed by atoms with Crippen molar-refractivity contribution in [1.29, 1.82) is 0 Å². The van der Waals surface area contributed by atoms with Crippen LogP contribution in [0.5, 0.6) is 0 Å². The van der Waals surface area contributed by atoms with Crippen LogP contribution in [0.25, 0.3) is 0 Å². The number of rotatable bonds is 4. The van der Waals surface area contributed by atoms with Gasteiger partial charge in [-0.15, -0.1) is 0 Å². The Balaban J connectivity index is 1.96. The largest absolute Gasteiger partial charge is 0.386 e. The van der Waals surface area contributed by atoms with E-state index in [1.807, 2.05) is 0 Å². The van der Waals surface area contributed by atoms with Crippen LogP contribution in [0.3, 0.4) is 0 Å².